The zero-order chi connectivity index (χ0) is 28.9. The lowest BCUT2D eigenvalue weighted by atomic mass is 9.98. The highest BCUT2D eigenvalue weighted by molar-refractivity contribution is 6.18. The third kappa shape index (κ3) is 10.8. The van der Waals surface area contributed by atoms with Crippen molar-refractivity contribution in [1.82, 2.24) is 5.32 Å². The van der Waals surface area contributed by atoms with E-state index in [1.54, 1.807) is 0 Å². The quantitative estimate of drug-likeness (QED) is 0.197. The maximum atomic E-state index is 15.4. The molecule has 0 aliphatic carbocycles. The lowest BCUT2D eigenvalue weighted by Gasteiger charge is -2.42. The van der Waals surface area contributed by atoms with Gasteiger partial charge in [-0.25, -0.2) is 4.39 Å². The number of nitrogens with zero attached hydrogens (tertiary/aromatic N) is 1. The normalized spacial score (nSPS) is 22.5. The van der Waals surface area contributed by atoms with E-state index < -0.39 is 61.1 Å². The van der Waals surface area contributed by atoms with E-state index in [-0.39, 0.29) is 6.42 Å². The van der Waals surface area contributed by atoms with Crippen LogP contribution in [0.1, 0.15) is 39.2 Å². The first-order valence-electron chi connectivity index (χ1n) is 12.6. The number of hydrogen-bond donors (Lipinski definition) is 1. The number of esters is 3. The monoisotopic (exact) mass is 592 g/mol. The van der Waals surface area contributed by atoms with Crippen molar-refractivity contribution in [2.24, 2.45) is 0 Å². The van der Waals surface area contributed by atoms with Crippen molar-refractivity contribution in [1.29, 1.82) is 0 Å². The molecule has 1 amide bonds. The molecule has 0 aromatic heterocycles. The molecule has 0 saturated carbocycles. The fourth-order valence-electron chi connectivity index (χ4n) is 4.14. The maximum Gasteiger partial charge on any atom is 0.303 e. The van der Waals surface area contributed by atoms with Crippen molar-refractivity contribution in [2.45, 2.75) is 70.7 Å². The maximum absolute atomic E-state index is 15.4. The Labute approximate surface area is 237 Å². The zero-order valence-corrected chi connectivity index (χ0v) is 23.7. The highest BCUT2D eigenvalue weighted by Crippen LogP contribution is 2.28. The van der Waals surface area contributed by atoms with E-state index >= 15 is 4.39 Å². The first kappa shape index (κ1) is 32.6. The van der Waals surface area contributed by atoms with Crippen LogP contribution < -0.4 is 10.2 Å². The summed E-state index contributed by atoms with van der Waals surface area (Å²) in [5.41, 5.74) is 2.01. The van der Waals surface area contributed by atoms with E-state index in [0.29, 0.717) is 37.7 Å². The minimum atomic E-state index is -2.05. The number of carbonyl (C=O) groups excluding carboxylic acids is 4. The largest absolute Gasteiger partial charge is 0.463 e. The Morgan fingerprint density at radius 3 is 2.08 bits per heavy atom. The van der Waals surface area contributed by atoms with Gasteiger partial charge >= 0.3 is 17.9 Å². The molecule has 0 spiro atoms. The van der Waals surface area contributed by atoms with Gasteiger partial charge in [-0.05, 0) is 30.5 Å². The van der Waals surface area contributed by atoms with Gasteiger partial charge in [0.15, 0.2) is 24.6 Å². The second kappa shape index (κ2) is 16.5. The topological polar surface area (TPSA) is 120 Å². The van der Waals surface area contributed by atoms with Gasteiger partial charge in [-0.15, -0.1) is 23.2 Å². The van der Waals surface area contributed by atoms with Crippen LogP contribution in [0, 0.1) is 0 Å². The molecule has 1 saturated heterocycles. The fourth-order valence-corrected chi connectivity index (χ4v) is 4.55. The van der Waals surface area contributed by atoms with Crippen LogP contribution in [0.3, 0.4) is 0 Å². The zero-order valence-electron chi connectivity index (χ0n) is 22.2. The molecule has 1 fully saturated rings. The Morgan fingerprint density at radius 2 is 1.54 bits per heavy atom. The van der Waals surface area contributed by atoms with Crippen LogP contribution in [-0.2, 0) is 44.5 Å². The van der Waals surface area contributed by atoms with Gasteiger partial charge in [-0.1, -0.05) is 12.1 Å². The number of aryl methyl sites for hydroxylation is 1. The highest BCUT2D eigenvalue weighted by Gasteiger charge is 2.51. The molecule has 1 aromatic rings. The molecule has 0 radical (unpaired) electrons. The molecule has 1 aliphatic rings. The van der Waals surface area contributed by atoms with E-state index in [1.807, 2.05) is 24.3 Å². The molecule has 5 atom stereocenters. The summed E-state index contributed by atoms with van der Waals surface area (Å²) < 4.78 is 36.1. The van der Waals surface area contributed by atoms with Gasteiger partial charge < -0.3 is 29.2 Å². The summed E-state index contributed by atoms with van der Waals surface area (Å²) in [6.07, 6.45) is -6.58. The van der Waals surface area contributed by atoms with Gasteiger partial charge in [-0.2, -0.15) is 0 Å². The Bertz CT molecular complexity index is 962. The first-order valence-corrected chi connectivity index (χ1v) is 13.6. The summed E-state index contributed by atoms with van der Waals surface area (Å²) in [5, 5.41) is 2.46. The first-order chi connectivity index (χ1) is 18.5. The number of amides is 1. The summed E-state index contributed by atoms with van der Waals surface area (Å²) >= 11 is 11.7. The van der Waals surface area contributed by atoms with Crippen molar-refractivity contribution in [3.63, 3.8) is 0 Å². The van der Waals surface area contributed by atoms with E-state index in [9.17, 15) is 19.2 Å². The summed E-state index contributed by atoms with van der Waals surface area (Å²) in [4.78, 5) is 49.3. The second-order valence-corrected chi connectivity index (χ2v) is 9.70. The number of ether oxygens (including phenoxy) is 4. The Hall–Kier alpha value is -2.63. The second-order valence-electron chi connectivity index (χ2n) is 8.94. The lowest BCUT2D eigenvalue weighted by Crippen LogP contribution is -2.63. The van der Waals surface area contributed by atoms with Crippen molar-refractivity contribution in [2.75, 3.05) is 36.4 Å². The SMILES string of the molecule is CC(=O)OC[C@H]1O[C@@H](NC(=O)CCCc2ccc(N(CCCl)CCCl)cc2)[C@H](F)[C@@H](OC(C)=O)[C@@H]1OC(C)=O. The van der Waals surface area contributed by atoms with Gasteiger partial charge in [-0.3, -0.25) is 19.2 Å². The van der Waals surface area contributed by atoms with Crippen LogP contribution in [0.15, 0.2) is 24.3 Å². The van der Waals surface area contributed by atoms with E-state index in [1.165, 1.54) is 0 Å². The summed E-state index contributed by atoms with van der Waals surface area (Å²) in [5.74, 6) is -1.78. The molecule has 0 unspecified atom stereocenters. The van der Waals surface area contributed by atoms with Crippen molar-refractivity contribution >= 4 is 52.7 Å². The summed E-state index contributed by atoms with van der Waals surface area (Å²) in [6.45, 7) is 4.27. The number of hydrogen-bond acceptors (Lipinski definition) is 9. The third-order valence-electron chi connectivity index (χ3n) is 5.85. The summed E-state index contributed by atoms with van der Waals surface area (Å²) in [7, 11) is 0. The van der Waals surface area contributed by atoms with E-state index in [2.05, 4.69) is 10.2 Å². The molecule has 1 aliphatic heterocycles. The smallest absolute Gasteiger partial charge is 0.303 e. The average molecular weight is 593 g/mol. The van der Waals surface area contributed by atoms with Crippen LogP contribution in [0.5, 0.6) is 0 Å². The van der Waals surface area contributed by atoms with Crippen LogP contribution in [-0.4, -0.2) is 86.0 Å². The predicted molar refractivity (Wildman–Crippen MR) is 142 cm³/mol. The average Bonchev–Trinajstić information content (AvgIpc) is 2.87. The minimum Gasteiger partial charge on any atom is -0.463 e. The molecular weight excluding hydrogens is 558 g/mol. The Kier molecular flexibility index (Phi) is 13.8. The predicted octanol–water partition coefficient (Wildman–Crippen LogP) is 2.90. The van der Waals surface area contributed by atoms with Crippen molar-refractivity contribution in [3.8, 4) is 0 Å². The molecule has 1 N–H and O–H groups in total. The number of anilines is 1. The molecule has 39 heavy (non-hydrogen) atoms. The van der Waals surface area contributed by atoms with E-state index in [4.69, 9.17) is 42.1 Å². The van der Waals surface area contributed by atoms with Gasteiger partial charge in [0.05, 0.1) is 0 Å². The molecule has 1 aromatic carbocycles. The molecule has 10 nitrogen and oxygen atoms in total. The number of benzene rings is 1. The third-order valence-corrected chi connectivity index (χ3v) is 6.19. The molecule has 13 heteroatoms. The van der Waals surface area contributed by atoms with Gasteiger partial charge in [0, 0.05) is 57.7 Å². The van der Waals surface area contributed by atoms with Gasteiger partial charge in [0.25, 0.3) is 0 Å². The van der Waals surface area contributed by atoms with Crippen LogP contribution in [0.4, 0.5) is 10.1 Å². The molecular formula is C26H35Cl2FN2O8. The van der Waals surface area contributed by atoms with E-state index in [0.717, 1.165) is 32.0 Å². The standard InChI is InChI=1S/C26H35Cl2FN2O8/c1-16(32)36-15-21-24(37-17(2)33)25(38-18(3)34)23(29)26(39-21)30-22(35)6-4-5-19-7-9-20(10-8-19)31(13-11-27)14-12-28/h7-10,21,23-26H,4-6,11-15H2,1-3H3,(H,30,35)/t21-,23-,24-,25-,26-/m1/s1. The number of carbonyl (C=O) groups is 4. The number of rotatable bonds is 14. The van der Waals surface area contributed by atoms with Crippen LogP contribution in [0.2, 0.25) is 0 Å². The Morgan fingerprint density at radius 1 is 0.949 bits per heavy atom. The number of alkyl halides is 3. The number of nitrogens with one attached hydrogen (secondary N) is 1. The summed E-state index contributed by atoms with van der Waals surface area (Å²) in [6, 6.07) is 7.86. The van der Waals surface area contributed by atoms with Crippen molar-refractivity contribution < 1.29 is 42.5 Å². The van der Waals surface area contributed by atoms with Crippen molar-refractivity contribution in [3.05, 3.63) is 29.8 Å². The minimum absolute atomic E-state index is 0.0686. The van der Waals surface area contributed by atoms with Gasteiger partial charge in [0.1, 0.15) is 12.7 Å². The van der Waals surface area contributed by atoms with Crippen LogP contribution >= 0.6 is 23.2 Å². The molecule has 0 bridgehead atoms. The number of halogens is 3. The Balaban J connectivity index is 2.00. The van der Waals surface area contributed by atoms with Crippen LogP contribution in [0.25, 0.3) is 0 Å². The molecule has 1 heterocycles. The highest BCUT2D eigenvalue weighted by atomic mass is 35.5. The van der Waals surface area contributed by atoms with Gasteiger partial charge in [0.2, 0.25) is 5.91 Å². The molecule has 2 rings (SSSR count). The fraction of sp³-hybridized carbons (Fsp3) is 0.615. The lowest BCUT2D eigenvalue weighted by molar-refractivity contribution is -0.239. The molecule has 218 valence electrons.